The molecule has 1 aliphatic rings. The first-order chi connectivity index (χ1) is 5.46. The van der Waals surface area contributed by atoms with Gasteiger partial charge in [0, 0.05) is 6.42 Å². The number of alkyl halides is 4. The van der Waals surface area contributed by atoms with Crippen molar-refractivity contribution in [2.45, 2.75) is 29.8 Å². The van der Waals surface area contributed by atoms with Crippen molar-refractivity contribution in [1.82, 2.24) is 5.32 Å². The van der Waals surface area contributed by atoms with Gasteiger partial charge in [0.25, 0.3) is 0 Å². The highest BCUT2D eigenvalue weighted by Crippen LogP contribution is 2.43. The average molecular weight is 246 g/mol. The summed E-state index contributed by atoms with van der Waals surface area (Å²) in [6.07, 6.45) is 0.237. The Morgan fingerprint density at radius 3 is 2.50 bits per heavy atom. The lowest BCUT2D eigenvalue weighted by atomic mass is 9.98. The summed E-state index contributed by atoms with van der Waals surface area (Å²) in [5.74, 6) is 0. The zero-order valence-electron chi connectivity index (χ0n) is 6.55. The molecule has 0 aromatic heterocycles. The van der Waals surface area contributed by atoms with E-state index < -0.39 is 10.5 Å². The Balaban J connectivity index is 2.67. The van der Waals surface area contributed by atoms with Crippen molar-refractivity contribution >= 4 is 15.9 Å². The van der Waals surface area contributed by atoms with Crippen LogP contribution in [0.4, 0.5) is 13.2 Å². The van der Waals surface area contributed by atoms with Crippen LogP contribution in [0, 0.1) is 0 Å². The average Bonchev–Trinajstić information content (AvgIpc) is 2.12. The van der Waals surface area contributed by atoms with E-state index in [0.717, 1.165) is 0 Å². The van der Waals surface area contributed by atoms with Crippen LogP contribution in [0.1, 0.15) is 19.3 Å². The second kappa shape index (κ2) is 3.54. The largest absolute Gasteiger partial charge is 0.334 e. The van der Waals surface area contributed by atoms with E-state index in [4.69, 9.17) is 0 Å². The summed E-state index contributed by atoms with van der Waals surface area (Å²) in [6.45, 7) is 0.937. The number of halogens is 4. The Labute approximate surface area is 77.8 Å². The van der Waals surface area contributed by atoms with Crippen molar-refractivity contribution in [3.05, 3.63) is 0 Å². The first kappa shape index (κ1) is 10.3. The van der Waals surface area contributed by atoms with Crippen molar-refractivity contribution < 1.29 is 13.2 Å². The van der Waals surface area contributed by atoms with Gasteiger partial charge in [0.2, 0.25) is 0 Å². The van der Waals surface area contributed by atoms with Gasteiger partial charge in [0.15, 0.2) is 5.67 Å². The summed E-state index contributed by atoms with van der Waals surface area (Å²) >= 11 is 2.09. The molecular weight excluding hydrogens is 235 g/mol. The standard InChI is InChI=1S/C7H11BrF3N/c8-7(10,11)6(9)2-1-4-12-5-3-6/h12H,1-5H2. The van der Waals surface area contributed by atoms with Gasteiger partial charge in [-0.1, -0.05) is 0 Å². The fraction of sp³-hybridized carbons (Fsp3) is 1.00. The lowest BCUT2D eigenvalue weighted by Gasteiger charge is -2.27. The van der Waals surface area contributed by atoms with E-state index >= 15 is 0 Å². The molecule has 12 heavy (non-hydrogen) atoms. The van der Waals surface area contributed by atoms with Crippen LogP contribution in [-0.4, -0.2) is 23.6 Å². The minimum absolute atomic E-state index is 0.0851. The summed E-state index contributed by atoms with van der Waals surface area (Å²) in [5.41, 5.74) is -2.38. The van der Waals surface area contributed by atoms with Crippen LogP contribution in [-0.2, 0) is 0 Å². The molecule has 1 unspecified atom stereocenters. The second-order valence-corrected chi connectivity index (χ2v) is 4.06. The maximum absolute atomic E-state index is 13.5. The Hall–Kier alpha value is 0.230. The monoisotopic (exact) mass is 245 g/mol. The van der Waals surface area contributed by atoms with Crippen LogP contribution in [0.3, 0.4) is 0 Å². The van der Waals surface area contributed by atoms with Gasteiger partial charge in [-0.15, -0.1) is 0 Å². The van der Waals surface area contributed by atoms with E-state index in [1.807, 2.05) is 0 Å². The molecule has 1 saturated heterocycles. The third-order valence-electron chi connectivity index (χ3n) is 2.13. The summed E-state index contributed by atoms with van der Waals surface area (Å²) in [6, 6.07) is 0. The van der Waals surface area contributed by atoms with Crippen molar-refractivity contribution in [3.63, 3.8) is 0 Å². The van der Waals surface area contributed by atoms with Crippen molar-refractivity contribution in [1.29, 1.82) is 0 Å². The number of hydrogen-bond acceptors (Lipinski definition) is 1. The molecule has 0 aromatic rings. The summed E-state index contributed by atoms with van der Waals surface area (Å²) in [5, 5.41) is 2.88. The second-order valence-electron chi connectivity index (χ2n) is 3.07. The first-order valence-corrected chi connectivity index (χ1v) is 4.71. The highest BCUT2D eigenvalue weighted by molar-refractivity contribution is 9.10. The van der Waals surface area contributed by atoms with Gasteiger partial charge in [-0.3, -0.25) is 0 Å². The molecule has 0 radical (unpaired) electrons. The van der Waals surface area contributed by atoms with E-state index in [1.165, 1.54) is 0 Å². The lowest BCUT2D eigenvalue weighted by Crippen LogP contribution is -2.40. The van der Waals surface area contributed by atoms with E-state index in [0.29, 0.717) is 19.5 Å². The molecule has 1 fully saturated rings. The molecule has 1 nitrogen and oxygen atoms in total. The molecule has 5 heteroatoms. The molecule has 0 spiro atoms. The topological polar surface area (TPSA) is 12.0 Å². The van der Waals surface area contributed by atoms with Crippen molar-refractivity contribution in [3.8, 4) is 0 Å². The molecule has 0 amide bonds. The smallest absolute Gasteiger partial charge is 0.317 e. The van der Waals surface area contributed by atoms with Crippen molar-refractivity contribution in [2.75, 3.05) is 13.1 Å². The maximum Gasteiger partial charge on any atom is 0.334 e. The van der Waals surface area contributed by atoms with Gasteiger partial charge in [0.05, 0.1) is 0 Å². The molecule has 0 saturated carbocycles. The summed E-state index contributed by atoms with van der Waals surface area (Å²) < 4.78 is 38.9. The van der Waals surface area contributed by atoms with Crippen LogP contribution >= 0.6 is 15.9 Å². The minimum atomic E-state index is -3.40. The molecule has 1 rings (SSSR count). The van der Waals surface area contributed by atoms with E-state index in [9.17, 15) is 13.2 Å². The highest BCUT2D eigenvalue weighted by atomic mass is 79.9. The predicted octanol–water partition coefficient (Wildman–Crippen LogP) is 2.46. The van der Waals surface area contributed by atoms with Gasteiger partial charge in [0.1, 0.15) is 0 Å². The third-order valence-corrected chi connectivity index (χ3v) is 2.84. The van der Waals surface area contributed by atoms with Crippen molar-refractivity contribution in [2.24, 2.45) is 0 Å². The van der Waals surface area contributed by atoms with Gasteiger partial charge in [-0.25, -0.2) is 4.39 Å². The molecule has 1 atom stereocenters. The molecular formula is C7H11BrF3N. The fourth-order valence-corrected chi connectivity index (χ4v) is 1.71. The summed E-state index contributed by atoms with van der Waals surface area (Å²) in [7, 11) is 0. The molecule has 1 aliphatic heterocycles. The normalized spacial score (nSPS) is 33.0. The summed E-state index contributed by atoms with van der Waals surface area (Å²) in [4.78, 5) is -3.40. The van der Waals surface area contributed by atoms with E-state index in [-0.39, 0.29) is 12.8 Å². The van der Waals surface area contributed by atoms with Crippen LogP contribution in [0.2, 0.25) is 0 Å². The predicted molar refractivity (Wildman–Crippen MR) is 44.4 cm³/mol. The van der Waals surface area contributed by atoms with Gasteiger partial charge < -0.3 is 5.32 Å². The number of nitrogens with one attached hydrogen (secondary N) is 1. The molecule has 1 N–H and O–H groups in total. The van der Waals surface area contributed by atoms with Crippen LogP contribution in [0.15, 0.2) is 0 Å². The lowest BCUT2D eigenvalue weighted by molar-refractivity contribution is -0.0653. The van der Waals surface area contributed by atoms with Gasteiger partial charge >= 0.3 is 4.83 Å². The molecule has 0 aliphatic carbocycles. The Morgan fingerprint density at radius 2 is 1.92 bits per heavy atom. The first-order valence-electron chi connectivity index (χ1n) is 3.92. The molecule has 72 valence electrons. The molecule has 0 bridgehead atoms. The Morgan fingerprint density at radius 1 is 1.25 bits per heavy atom. The SMILES string of the molecule is FC(F)(Br)C1(F)CCCNCC1. The van der Waals surface area contributed by atoms with Gasteiger partial charge in [-0.05, 0) is 41.9 Å². The highest BCUT2D eigenvalue weighted by Gasteiger charge is 2.52. The minimum Gasteiger partial charge on any atom is -0.317 e. The molecule has 0 aromatic carbocycles. The number of rotatable bonds is 1. The van der Waals surface area contributed by atoms with Crippen LogP contribution < -0.4 is 5.32 Å². The number of hydrogen-bond donors (Lipinski definition) is 1. The molecule has 1 heterocycles. The third kappa shape index (κ3) is 2.13. The van der Waals surface area contributed by atoms with E-state index in [2.05, 4.69) is 21.2 Å². The quantitative estimate of drug-likeness (QED) is 0.701. The van der Waals surface area contributed by atoms with Gasteiger partial charge in [-0.2, -0.15) is 8.78 Å². The fourth-order valence-electron chi connectivity index (χ4n) is 1.31. The van der Waals surface area contributed by atoms with E-state index in [1.54, 1.807) is 0 Å². The van der Waals surface area contributed by atoms with Crippen LogP contribution in [0.25, 0.3) is 0 Å². The Kier molecular flexibility index (Phi) is 3.04. The Bertz CT molecular complexity index is 149. The zero-order chi connectivity index (χ0) is 9.24. The van der Waals surface area contributed by atoms with Crippen LogP contribution in [0.5, 0.6) is 0 Å². The maximum atomic E-state index is 13.5. The zero-order valence-corrected chi connectivity index (χ0v) is 8.13.